The molecule has 0 aliphatic carbocycles. The molecule has 0 radical (unpaired) electrons. The minimum absolute atomic E-state index is 0.0808. The predicted molar refractivity (Wildman–Crippen MR) is 120 cm³/mol. The lowest BCUT2D eigenvalue weighted by Gasteiger charge is -2.15. The summed E-state index contributed by atoms with van der Waals surface area (Å²) >= 11 is 15.2. The van der Waals surface area contributed by atoms with E-state index in [9.17, 15) is 0 Å². The molecule has 2 aromatic heterocycles. The SMILES string of the molecule is COCc1cccc(-c2nc(C(Cl)(CCl)c3noc(-c4cccc(I)c4)n3)no2)c1. The number of hydrogen-bond acceptors (Lipinski definition) is 7. The molecular formula is C20H15Cl2IN4O3. The normalized spacial score (nSPS) is 13.3. The van der Waals surface area contributed by atoms with Crippen molar-refractivity contribution in [3.8, 4) is 22.9 Å². The number of rotatable bonds is 7. The van der Waals surface area contributed by atoms with Crippen LogP contribution in [0.3, 0.4) is 0 Å². The minimum atomic E-state index is -1.41. The van der Waals surface area contributed by atoms with Crippen LogP contribution in [0.15, 0.2) is 57.6 Å². The van der Waals surface area contributed by atoms with Gasteiger partial charge in [0.15, 0.2) is 4.87 Å². The second-order valence-corrected chi connectivity index (χ2v) is 8.58. The van der Waals surface area contributed by atoms with E-state index in [2.05, 4.69) is 42.9 Å². The zero-order chi connectivity index (χ0) is 21.1. The highest BCUT2D eigenvalue weighted by Crippen LogP contribution is 2.36. The molecule has 0 fully saturated rings. The predicted octanol–water partition coefficient (Wildman–Crippen LogP) is 5.26. The maximum absolute atomic E-state index is 6.76. The molecule has 2 aromatic carbocycles. The van der Waals surface area contributed by atoms with E-state index >= 15 is 0 Å². The van der Waals surface area contributed by atoms with Gasteiger partial charge in [0.25, 0.3) is 11.8 Å². The topological polar surface area (TPSA) is 87.1 Å². The first kappa shape index (κ1) is 21.2. The van der Waals surface area contributed by atoms with E-state index in [4.69, 9.17) is 37.0 Å². The van der Waals surface area contributed by atoms with Crippen molar-refractivity contribution in [2.45, 2.75) is 11.5 Å². The van der Waals surface area contributed by atoms with Crippen LogP contribution in [0.2, 0.25) is 0 Å². The van der Waals surface area contributed by atoms with Crippen molar-refractivity contribution in [2.24, 2.45) is 0 Å². The fourth-order valence-electron chi connectivity index (χ4n) is 2.81. The lowest BCUT2D eigenvalue weighted by Crippen LogP contribution is -2.26. The molecule has 4 rings (SSSR count). The lowest BCUT2D eigenvalue weighted by molar-refractivity contribution is 0.185. The summed E-state index contributed by atoms with van der Waals surface area (Å²) in [6.45, 7) is 0.472. The van der Waals surface area contributed by atoms with Gasteiger partial charge in [-0.05, 0) is 58.5 Å². The van der Waals surface area contributed by atoms with E-state index in [-0.39, 0.29) is 17.5 Å². The van der Waals surface area contributed by atoms with Gasteiger partial charge in [0, 0.05) is 21.8 Å². The molecule has 0 saturated carbocycles. The third kappa shape index (κ3) is 4.22. The van der Waals surface area contributed by atoms with Gasteiger partial charge < -0.3 is 13.8 Å². The zero-order valence-electron chi connectivity index (χ0n) is 15.7. The summed E-state index contributed by atoms with van der Waals surface area (Å²) in [5.74, 6) is 0.867. The molecule has 0 amide bonds. The van der Waals surface area contributed by atoms with Crippen LogP contribution in [-0.2, 0) is 16.2 Å². The number of nitrogens with zero attached hydrogens (tertiary/aromatic N) is 4. The van der Waals surface area contributed by atoms with Crippen molar-refractivity contribution < 1.29 is 13.8 Å². The van der Waals surface area contributed by atoms with Crippen LogP contribution in [0.25, 0.3) is 22.9 Å². The Morgan fingerprint density at radius 1 is 0.967 bits per heavy atom. The minimum Gasteiger partial charge on any atom is -0.380 e. The maximum Gasteiger partial charge on any atom is 0.258 e. The summed E-state index contributed by atoms with van der Waals surface area (Å²) in [6.07, 6.45) is 0. The molecule has 0 aliphatic rings. The van der Waals surface area contributed by atoms with Crippen molar-refractivity contribution in [1.29, 1.82) is 0 Å². The number of alkyl halides is 2. The first-order valence-electron chi connectivity index (χ1n) is 8.81. The molecule has 30 heavy (non-hydrogen) atoms. The van der Waals surface area contributed by atoms with E-state index < -0.39 is 4.87 Å². The molecule has 2 heterocycles. The van der Waals surface area contributed by atoms with Crippen molar-refractivity contribution >= 4 is 45.8 Å². The standard InChI is InChI=1S/C20H15Cl2IN4O3/c1-28-10-12-4-2-5-13(8-12)16-24-18(26-29-16)20(22,11-21)19-25-17(30-27-19)14-6-3-7-15(23)9-14/h2-9H,10-11H2,1H3. The number of halogens is 3. The third-order valence-corrected chi connectivity index (χ3v) is 5.98. The monoisotopic (exact) mass is 556 g/mol. The van der Waals surface area contributed by atoms with E-state index in [0.29, 0.717) is 18.4 Å². The van der Waals surface area contributed by atoms with Gasteiger partial charge in [-0.2, -0.15) is 9.97 Å². The number of ether oxygens (including phenoxy) is 1. The van der Waals surface area contributed by atoms with Crippen LogP contribution in [0.5, 0.6) is 0 Å². The van der Waals surface area contributed by atoms with Crippen LogP contribution in [-0.4, -0.2) is 33.3 Å². The second-order valence-electron chi connectivity index (χ2n) is 6.42. The Labute approximate surface area is 195 Å². The van der Waals surface area contributed by atoms with Crippen molar-refractivity contribution in [2.75, 3.05) is 13.0 Å². The average Bonchev–Trinajstić information content (AvgIpc) is 3.44. The molecule has 1 unspecified atom stereocenters. The Morgan fingerprint density at radius 2 is 1.57 bits per heavy atom. The summed E-state index contributed by atoms with van der Waals surface area (Å²) in [6, 6.07) is 15.3. The van der Waals surface area contributed by atoms with Crippen LogP contribution >= 0.6 is 45.8 Å². The Kier molecular flexibility index (Phi) is 6.37. The molecular weight excluding hydrogens is 542 g/mol. The quantitative estimate of drug-likeness (QED) is 0.227. The molecule has 0 bridgehead atoms. The Balaban J connectivity index is 1.66. The fraction of sp³-hybridized carbons (Fsp3) is 0.200. The molecule has 10 heteroatoms. The third-order valence-electron chi connectivity index (χ3n) is 4.30. The molecule has 0 aliphatic heterocycles. The summed E-state index contributed by atoms with van der Waals surface area (Å²) in [5.41, 5.74) is 2.49. The maximum atomic E-state index is 6.76. The number of methoxy groups -OCH3 is 1. The highest BCUT2D eigenvalue weighted by atomic mass is 127. The molecule has 1 atom stereocenters. The molecule has 0 spiro atoms. The smallest absolute Gasteiger partial charge is 0.258 e. The molecule has 0 saturated heterocycles. The highest BCUT2D eigenvalue weighted by molar-refractivity contribution is 14.1. The van der Waals surface area contributed by atoms with Gasteiger partial charge in [-0.3, -0.25) is 0 Å². The fourth-order valence-corrected chi connectivity index (χ4v) is 3.74. The summed E-state index contributed by atoms with van der Waals surface area (Å²) in [4.78, 5) is 7.46. The van der Waals surface area contributed by atoms with Crippen LogP contribution in [0.4, 0.5) is 0 Å². The first-order chi connectivity index (χ1) is 14.5. The number of benzene rings is 2. The highest BCUT2D eigenvalue weighted by Gasteiger charge is 2.41. The van der Waals surface area contributed by atoms with Crippen molar-refractivity contribution in [3.05, 3.63) is 69.3 Å². The van der Waals surface area contributed by atoms with Crippen LogP contribution < -0.4 is 0 Å². The Bertz CT molecular complexity index is 1170. The van der Waals surface area contributed by atoms with E-state index in [1.807, 2.05) is 48.5 Å². The van der Waals surface area contributed by atoms with Gasteiger partial charge >= 0.3 is 0 Å². The van der Waals surface area contributed by atoms with E-state index in [0.717, 1.165) is 20.3 Å². The van der Waals surface area contributed by atoms with E-state index in [1.165, 1.54) is 0 Å². The van der Waals surface area contributed by atoms with Gasteiger partial charge in [0.05, 0.1) is 12.5 Å². The Morgan fingerprint density at radius 3 is 2.13 bits per heavy atom. The first-order valence-corrected chi connectivity index (χ1v) is 10.8. The lowest BCUT2D eigenvalue weighted by atomic mass is 10.1. The summed E-state index contributed by atoms with van der Waals surface area (Å²) < 4.78 is 17.0. The van der Waals surface area contributed by atoms with E-state index in [1.54, 1.807) is 7.11 Å². The van der Waals surface area contributed by atoms with Gasteiger partial charge in [-0.1, -0.05) is 28.5 Å². The van der Waals surface area contributed by atoms with Crippen molar-refractivity contribution in [3.63, 3.8) is 0 Å². The van der Waals surface area contributed by atoms with Crippen molar-refractivity contribution in [1.82, 2.24) is 20.3 Å². The number of aromatic nitrogens is 4. The molecule has 0 N–H and O–H groups in total. The average molecular weight is 557 g/mol. The second kappa shape index (κ2) is 9.01. The Hall–Kier alpha value is -2.01. The summed E-state index contributed by atoms with van der Waals surface area (Å²) in [7, 11) is 1.63. The molecule has 7 nitrogen and oxygen atoms in total. The zero-order valence-corrected chi connectivity index (χ0v) is 19.3. The molecule has 154 valence electrons. The van der Waals surface area contributed by atoms with Gasteiger partial charge in [-0.25, -0.2) is 0 Å². The van der Waals surface area contributed by atoms with Crippen LogP contribution in [0, 0.1) is 3.57 Å². The van der Waals surface area contributed by atoms with Gasteiger partial charge in [0.1, 0.15) is 0 Å². The number of hydrogen-bond donors (Lipinski definition) is 0. The van der Waals surface area contributed by atoms with Gasteiger partial charge in [0.2, 0.25) is 11.6 Å². The van der Waals surface area contributed by atoms with Crippen LogP contribution in [0.1, 0.15) is 17.2 Å². The largest absolute Gasteiger partial charge is 0.380 e. The summed E-state index contributed by atoms with van der Waals surface area (Å²) in [5, 5.41) is 8.05. The molecule has 4 aromatic rings. The van der Waals surface area contributed by atoms with Gasteiger partial charge in [-0.15, -0.1) is 23.2 Å².